The number of halogens is 2. The standard InChI is InChI=1S/C8H9Br2N3/c1-5(9)2-13-8-6(10)3-12-4-7(8)11/h3-4H,1-2,11H2,(H,12,13). The number of hydrogen-bond donors (Lipinski definition) is 2. The first-order chi connectivity index (χ1) is 6.11. The molecule has 3 nitrogen and oxygen atoms in total. The number of pyridine rings is 1. The van der Waals surface area contributed by atoms with Crippen molar-refractivity contribution in [3.8, 4) is 0 Å². The Morgan fingerprint density at radius 1 is 1.62 bits per heavy atom. The van der Waals surface area contributed by atoms with Crippen molar-refractivity contribution in [3.63, 3.8) is 0 Å². The number of anilines is 2. The highest BCUT2D eigenvalue weighted by Crippen LogP contribution is 2.27. The highest BCUT2D eigenvalue weighted by Gasteiger charge is 2.03. The maximum absolute atomic E-state index is 5.71. The van der Waals surface area contributed by atoms with Crippen LogP contribution in [0.4, 0.5) is 11.4 Å². The van der Waals surface area contributed by atoms with Crippen LogP contribution in [0.2, 0.25) is 0 Å². The first-order valence-electron chi connectivity index (χ1n) is 3.57. The maximum Gasteiger partial charge on any atom is 0.0752 e. The summed E-state index contributed by atoms with van der Waals surface area (Å²) in [6, 6.07) is 0. The van der Waals surface area contributed by atoms with Crippen molar-refractivity contribution in [1.82, 2.24) is 4.98 Å². The zero-order valence-electron chi connectivity index (χ0n) is 6.85. The van der Waals surface area contributed by atoms with Crippen LogP contribution in [-0.2, 0) is 0 Å². The number of nitrogens with one attached hydrogen (secondary N) is 1. The van der Waals surface area contributed by atoms with Crippen LogP contribution in [0.25, 0.3) is 0 Å². The highest BCUT2D eigenvalue weighted by molar-refractivity contribution is 9.11. The molecule has 0 unspecified atom stereocenters. The normalized spacial score (nSPS) is 9.69. The van der Waals surface area contributed by atoms with E-state index in [1.165, 1.54) is 0 Å². The van der Waals surface area contributed by atoms with Crippen LogP contribution in [-0.4, -0.2) is 11.5 Å². The molecule has 1 aromatic heterocycles. The summed E-state index contributed by atoms with van der Waals surface area (Å²) < 4.78 is 1.72. The lowest BCUT2D eigenvalue weighted by molar-refractivity contribution is 1.26. The molecular weight excluding hydrogens is 298 g/mol. The summed E-state index contributed by atoms with van der Waals surface area (Å²) in [5, 5.41) is 3.12. The minimum Gasteiger partial charge on any atom is -0.396 e. The van der Waals surface area contributed by atoms with Crippen LogP contribution in [0.1, 0.15) is 0 Å². The Balaban J connectivity index is 2.81. The van der Waals surface area contributed by atoms with Gasteiger partial charge in [-0.05, 0) is 15.9 Å². The minimum atomic E-state index is 0.614. The SMILES string of the molecule is C=C(Br)CNc1c(N)cncc1Br. The average molecular weight is 307 g/mol. The van der Waals surface area contributed by atoms with Crippen molar-refractivity contribution in [3.05, 3.63) is 27.9 Å². The van der Waals surface area contributed by atoms with Crippen molar-refractivity contribution >= 4 is 43.2 Å². The molecule has 1 rings (SSSR count). The van der Waals surface area contributed by atoms with E-state index in [4.69, 9.17) is 5.73 Å². The molecule has 0 amide bonds. The van der Waals surface area contributed by atoms with Gasteiger partial charge >= 0.3 is 0 Å². The van der Waals surface area contributed by atoms with E-state index in [1.807, 2.05) is 0 Å². The van der Waals surface area contributed by atoms with Gasteiger partial charge in [-0.3, -0.25) is 4.98 Å². The molecule has 0 aliphatic carbocycles. The topological polar surface area (TPSA) is 50.9 Å². The quantitative estimate of drug-likeness (QED) is 0.903. The summed E-state index contributed by atoms with van der Waals surface area (Å²) in [6.07, 6.45) is 3.29. The Hall–Kier alpha value is -0.550. The molecule has 0 spiro atoms. The van der Waals surface area contributed by atoms with Crippen LogP contribution < -0.4 is 11.1 Å². The zero-order valence-corrected chi connectivity index (χ0v) is 10.0. The second kappa shape index (κ2) is 4.62. The van der Waals surface area contributed by atoms with E-state index in [0.29, 0.717) is 12.2 Å². The summed E-state index contributed by atoms with van der Waals surface area (Å²) >= 11 is 6.60. The summed E-state index contributed by atoms with van der Waals surface area (Å²) in [4.78, 5) is 3.93. The summed E-state index contributed by atoms with van der Waals surface area (Å²) in [5.41, 5.74) is 7.16. The Labute approximate surface area is 93.7 Å². The fraction of sp³-hybridized carbons (Fsp3) is 0.125. The lowest BCUT2D eigenvalue weighted by Crippen LogP contribution is -2.04. The molecule has 0 bridgehead atoms. The van der Waals surface area contributed by atoms with Crippen LogP contribution in [0, 0.1) is 0 Å². The van der Waals surface area contributed by atoms with Crippen LogP contribution in [0.5, 0.6) is 0 Å². The summed E-state index contributed by atoms with van der Waals surface area (Å²) in [7, 11) is 0. The average Bonchev–Trinajstić information content (AvgIpc) is 2.03. The summed E-state index contributed by atoms with van der Waals surface area (Å²) in [6.45, 7) is 4.34. The molecule has 0 atom stereocenters. The second-order valence-electron chi connectivity index (χ2n) is 2.46. The van der Waals surface area contributed by atoms with Gasteiger partial charge in [0.2, 0.25) is 0 Å². The van der Waals surface area contributed by atoms with Crippen molar-refractivity contribution < 1.29 is 0 Å². The third-order valence-electron chi connectivity index (χ3n) is 1.39. The number of aromatic nitrogens is 1. The van der Waals surface area contributed by atoms with Gasteiger partial charge in [-0.1, -0.05) is 22.5 Å². The van der Waals surface area contributed by atoms with Gasteiger partial charge in [-0.2, -0.15) is 0 Å². The van der Waals surface area contributed by atoms with E-state index in [1.54, 1.807) is 12.4 Å². The molecule has 1 aromatic rings. The summed E-state index contributed by atoms with van der Waals surface area (Å²) in [5.74, 6) is 0. The Morgan fingerprint density at radius 2 is 2.31 bits per heavy atom. The van der Waals surface area contributed by atoms with E-state index in [9.17, 15) is 0 Å². The van der Waals surface area contributed by atoms with Gasteiger partial charge in [-0.15, -0.1) is 0 Å². The molecule has 0 aliphatic heterocycles. The Morgan fingerprint density at radius 3 is 2.85 bits per heavy atom. The molecule has 70 valence electrons. The van der Waals surface area contributed by atoms with Crippen LogP contribution in [0.3, 0.4) is 0 Å². The van der Waals surface area contributed by atoms with E-state index >= 15 is 0 Å². The third kappa shape index (κ3) is 3.00. The first-order valence-corrected chi connectivity index (χ1v) is 5.16. The number of nitrogen functional groups attached to an aromatic ring is 1. The molecule has 3 N–H and O–H groups in total. The molecule has 0 aliphatic rings. The van der Waals surface area contributed by atoms with E-state index < -0.39 is 0 Å². The smallest absolute Gasteiger partial charge is 0.0752 e. The molecular formula is C8H9Br2N3. The predicted molar refractivity (Wildman–Crippen MR) is 62.9 cm³/mol. The number of nitrogens with zero attached hydrogens (tertiary/aromatic N) is 1. The van der Waals surface area contributed by atoms with Crippen molar-refractivity contribution in [2.24, 2.45) is 0 Å². The minimum absolute atomic E-state index is 0.614. The predicted octanol–water partition coefficient (Wildman–Crippen LogP) is 2.75. The molecule has 0 saturated carbocycles. The van der Waals surface area contributed by atoms with Crippen LogP contribution in [0.15, 0.2) is 27.9 Å². The Bertz CT molecular complexity index is 305. The zero-order chi connectivity index (χ0) is 9.84. The van der Waals surface area contributed by atoms with Gasteiger partial charge in [0.15, 0.2) is 0 Å². The molecule has 0 aromatic carbocycles. The highest BCUT2D eigenvalue weighted by atomic mass is 79.9. The lowest BCUT2D eigenvalue weighted by Gasteiger charge is -2.09. The molecule has 0 saturated heterocycles. The lowest BCUT2D eigenvalue weighted by atomic mass is 10.3. The van der Waals surface area contributed by atoms with Gasteiger partial charge < -0.3 is 11.1 Å². The first kappa shape index (κ1) is 10.5. The maximum atomic E-state index is 5.71. The second-order valence-corrected chi connectivity index (χ2v) is 4.43. The van der Waals surface area contributed by atoms with Crippen molar-refractivity contribution in [1.29, 1.82) is 0 Å². The van der Waals surface area contributed by atoms with Gasteiger partial charge in [0.25, 0.3) is 0 Å². The molecule has 13 heavy (non-hydrogen) atoms. The van der Waals surface area contributed by atoms with Crippen molar-refractivity contribution in [2.75, 3.05) is 17.6 Å². The number of rotatable bonds is 3. The monoisotopic (exact) mass is 305 g/mol. The van der Waals surface area contributed by atoms with E-state index in [0.717, 1.165) is 14.6 Å². The molecule has 1 heterocycles. The van der Waals surface area contributed by atoms with Crippen molar-refractivity contribution in [2.45, 2.75) is 0 Å². The van der Waals surface area contributed by atoms with E-state index in [2.05, 4.69) is 48.7 Å². The Kier molecular flexibility index (Phi) is 3.74. The largest absolute Gasteiger partial charge is 0.396 e. The molecule has 0 fully saturated rings. The molecule has 5 heteroatoms. The fourth-order valence-electron chi connectivity index (χ4n) is 0.821. The third-order valence-corrected chi connectivity index (χ3v) is 2.27. The molecule has 0 radical (unpaired) electrons. The number of nitrogens with two attached hydrogens (primary N) is 1. The number of hydrogen-bond acceptors (Lipinski definition) is 3. The van der Waals surface area contributed by atoms with Gasteiger partial charge in [-0.25, -0.2) is 0 Å². The fourth-order valence-corrected chi connectivity index (χ4v) is 1.45. The van der Waals surface area contributed by atoms with Gasteiger partial charge in [0, 0.05) is 17.2 Å². The van der Waals surface area contributed by atoms with Crippen LogP contribution >= 0.6 is 31.9 Å². The van der Waals surface area contributed by atoms with Gasteiger partial charge in [0.1, 0.15) is 0 Å². The van der Waals surface area contributed by atoms with Gasteiger partial charge in [0.05, 0.1) is 22.0 Å². The van der Waals surface area contributed by atoms with E-state index in [-0.39, 0.29) is 0 Å².